The lowest BCUT2D eigenvalue weighted by Crippen LogP contribution is -2.17. The molecule has 0 saturated heterocycles. The summed E-state index contributed by atoms with van der Waals surface area (Å²) in [5.74, 6) is -1.23. The smallest absolute Gasteiger partial charge is 0.337 e. The number of hydrogen-bond acceptors (Lipinski definition) is 5. The molecule has 0 atom stereocenters. The number of sulfonamides is 1. The Labute approximate surface area is 117 Å². The van der Waals surface area contributed by atoms with Crippen LogP contribution in [0.5, 0.6) is 0 Å². The van der Waals surface area contributed by atoms with Gasteiger partial charge in [-0.1, -0.05) is 0 Å². The lowest BCUT2D eigenvalue weighted by molar-refractivity contribution is 0.0696. The average Bonchev–Trinajstić information content (AvgIpc) is 2.33. The molecule has 0 aliphatic rings. The van der Waals surface area contributed by atoms with Crippen molar-refractivity contribution in [3.63, 3.8) is 0 Å². The Morgan fingerprint density at radius 2 is 2.10 bits per heavy atom. The Kier molecular flexibility index (Phi) is 5.49. The molecule has 0 fully saturated rings. The molecule has 112 valence electrons. The highest BCUT2D eigenvalue weighted by atomic mass is 32.2. The summed E-state index contributed by atoms with van der Waals surface area (Å²) >= 11 is 0. The van der Waals surface area contributed by atoms with Crippen LogP contribution >= 0.6 is 0 Å². The van der Waals surface area contributed by atoms with Gasteiger partial charge in [0.05, 0.1) is 23.2 Å². The highest BCUT2D eigenvalue weighted by molar-refractivity contribution is 7.89. The van der Waals surface area contributed by atoms with E-state index in [2.05, 4.69) is 5.32 Å². The standard InChI is InChI=1S/C12H18N2O5S/c1-8(2)19-6-5-14-11-4-3-9(20(13,17)18)7-10(11)12(15)16/h3-4,7-8,14H,5-6H2,1-2H3,(H,15,16)(H2,13,17,18). The summed E-state index contributed by atoms with van der Waals surface area (Å²) in [6.45, 7) is 4.61. The Hall–Kier alpha value is -1.64. The Balaban J connectivity index is 2.89. The van der Waals surface area contributed by atoms with Gasteiger partial charge < -0.3 is 15.2 Å². The van der Waals surface area contributed by atoms with Gasteiger partial charge in [0.1, 0.15) is 0 Å². The quantitative estimate of drug-likeness (QED) is 0.643. The van der Waals surface area contributed by atoms with Crippen molar-refractivity contribution in [2.75, 3.05) is 18.5 Å². The molecule has 0 heterocycles. The molecule has 0 aromatic heterocycles. The molecule has 1 rings (SSSR count). The van der Waals surface area contributed by atoms with Crippen LogP contribution in [0, 0.1) is 0 Å². The first-order valence-corrected chi connectivity index (χ1v) is 7.52. The number of rotatable bonds is 7. The first kappa shape index (κ1) is 16.4. The number of hydrogen-bond donors (Lipinski definition) is 3. The number of primary sulfonamides is 1. The number of anilines is 1. The van der Waals surface area contributed by atoms with Gasteiger partial charge >= 0.3 is 5.97 Å². The number of carboxylic acid groups (broad SMARTS) is 1. The van der Waals surface area contributed by atoms with Crippen molar-refractivity contribution in [1.29, 1.82) is 0 Å². The van der Waals surface area contributed by atoms with Crippen LogP contribution in [0.4, 0.5) is 5.69 Å². The topological polar surface area (TPSA) is 119 Å². The minimum Gasteiger partial charge on any atom is -0.478 e. The maximum Gasteiger partial charge on any atom is 0.337 e. The number of aromatic carboxylic acids is 1. The van der Waals surface area contributed by atoms with Gasteiger partial charge in [-0.05, 0) is 32.0 Å². The fraction of sp³-hybridized carbons (Fsp3) is 0.417. The van der Waals surface area contributed by atoms with E-state index >= 15 is 0 Å². The third-order valence-corrected chi connectivity index (χ3v) is 3.33. The molecule has 0 radical (unpaired) electrons. The minimum absolute atomic E-state index is 0.0838. The van der Waals surface area contributed by atoms with Gasteiger partial charge in [-0.25, -0.2) is 18.4 Å². The van der Waals surface area contributed by atoms with E-state index in [0.717, 1.165) is 6.07 Å². The van der Waals surface area contributed by atoms with Crippen LogP contribution in [-0.4, -0.2) is 38.7 Å². The van der Waals surface area contributed by atoms with Crippen LogP contribution < -0.4 is 10.5 Å². The van der Waals surface area contributed by atoms with E-state index in [1.54, 1.807) is 0 Å². The van der Waals surface area contributed by atoms with Crippen molar-refractivity contribution in [2.24, 2.45) is 5.14 Å². The molecule has 4 N–H and O–H groups in total. The largest absolute Gasteiger partial charge is 0.478 e. The van der Waals surface area contributed by atoms with E-state index in [1.807, 2.05) is 13.8 Å². The molecule has 0 saturated carbocycles. The van der Waals surface area contributed by atoms with E-state index in [4.69, 9.17) is 15.0 Å². The molecular weight excluding hydrogens is 284 g/mol. The van der Waals surface area contributed by atoms with Crippen molar-refractivity contribution in [2.45, 2.75) is 24.8 Å². The van der Waals surface area contributed by atoms with E-state index in [9.17, 15) is 13.2 Å². The summed E-state index contributed by atoms with van der Waals surface area (Å²) in [5.41, 5.74) is 0.165. The highest BCUT2D eigenvalue weighted by Crippen LogP contribution is 2.19. The monoisotopic (exact) mass is 302 g/mol. The molecule has 1 aromatic rings. The van der Waals surface area contributed by atoms with Gasteiger partial charge in [0, 0.05) is 12.2 Å². The summed E-state index contributed by atoms with van der Waals surface area (Å²) in [6, 6.07) is 3.66. The van der Waals surface area contributed by atoms with Crippen LogP contribution in [0.3, 0.4) is 0 Å². The molecule has 0 spiro atoms. The van der Waals surface area contributed by atoms with Crippen LogP contribution in [0.1, 0.15) is 24.2 Å². The van der Waals surface area contributed by atoms with Gasteiger partial charge in [0.25, 0.3) is 0 Å². The molecule has 20 heavy (non-hydrogen) atoms. The predicted molar refractivity (Wildman–Crippen MR) is 74.4 cm³/mol. The molecule has 0 aliphatic heterocycles. The van der Waals surface area contributed by atoms with Crippen LogP contribution in [0.2, 0.25) is 0 Å². The zero-order valence-electron chi connectivity index (χ0n) is 11.3. The second-order valence-corrected chi connectivity index (χ2v) is 5.97. The zero-order valence-corrected chi connectivity index (χ0v) is 12.1. The minimum atomic E-state index is -3.93. The summed E-state index contributed by atoms with van der Waals surface area (Å²) in [4.78, 5) is 10.9. The van der Waals surface area contributed by atoms with Crippen molar-refractivity contribution >= 4 is 21.7 Å². The molecule has 0 amide bonds. The van der Waals surface area contributed by atoms with Gasteiger partial charge in [-0.2, -0.15) is 0 Å². The normalized spacial score (nSPS) is 11.6. The van der Waals surface area contributed by atoms with Gasteiger partial charge in [0.2, 0.25) is 10.0 Å². The summed E-state index contributed by atoms with van der Waals surface area (Å²) in [5, 5.41) is 17.0. The van der Waals surface area contributed by atoms with Crippen molar-refractivity contribution < 1.29 is 23.1 Å². The third kappa shape index (κ3) is 4.80. The lowest BCUT2D eigenvalue weighted by atomic mass is 10.2. The lowest BCUT2D eigenvalue weighted by Gasteiger charge is -2.12. The van der Waals surface area contributed by atoms with Gasteiger partial charge in [-0.3, -0.25) is 0 Å². The van der Waals surface area contributed by atoms with Crippen LogP contribution in [0.25, 0.3) is 0 Å². The number of nitrogens with two attached hydrogens (primary N) is 1. The Bertz CT molecular complexity index is 584. The second-order valence-electron chi connectivity index (χ2n) is 4.40. The van der Waals surface area contributed by atoms with E-state index in [1.165, 1.54) is 12.1 Å². The van der Waals surface area contributed by atoms with Crippen molar-refractivity contribution in [3.8, 4) is 0 Å². The first-order valence-electron chi connectivity index (χ1n) is 5.97. The molecular formula is C12H18N2O5S. The molecule has 1 aromatic carbocycles. The average molecular weight is 302 g/mol. The first-order chi connectivity index (χ1) is 9.21. The number of carboxylic acids is 1. The van der Waals surface area contributed by atoms with E-state index in [-0.39, 0.29) is 16.6 Å². The molecule has 0 aliphatic carbocycles. The van der Waals surface area contributed by atoms with Crippen molar-refractivity contribution in [3.05, 3.63) is 23.8 Å². The SMILES string of the molecule is CC(C)OCCNc1ccc(S(N)(=O)=O)cc1C(=O)O. The summed E-state index contributed by atoms with van der Waals surface area (Å²) in [6.07, 6.45) is 0.0838. The number of ether oxygens (including phenoxy) is 1. The number of benzene rings is 1. The number of nitrogens with one attached hydrogen (secondary N) is 1. The molecule has 0 unspecified atom stereocenters. The molecule has 7 nitrogen and oxygen atoms in total. The Morgan fingerprint density at radius 1 is 1.45 bits per heavy atom. The highest BCUT2D eigenvalue weighted by Gasteiger charge is 2.15. The summed E-state index contributed by atoms with van der Waals surface area (Å²) < 4.78 is 27.7. The van der Waals surface area contributed by atoms with Crippen molar-refractivity contribution in [1.82, 2.24) is 0 Å². The maximum atomic E-state index is 11.2. The van der Waals surface area contributed by atoms with Crippen LogP contribution in [0.15, 0.2) is 23.1 Å². The maximum absolute atomic E-state index is 11.2. The number of carbonyl (C=O) groups is 1. The molecule has 0 bridgehead atoms. The summed E-state index contributed by atoms with van der Waals surface area (Å²) in [7, 11) is -3.93. The Morgan fingerprint density at radius 3 is 2.60 bits per heavy atom. The van der Waals surface area contributed by atoms with E-state index in [0.29, 0.717) is 18.8 Å². The third-order valence-electron chi connectivity index (χ3n) is 2.42. The molecule has 8 heteroatoms. The van der Waals surface area contributed by atoms with Gasteiger partial charge in [-0.15, -0.1) is 0 Å². The predicted octanol–water partition coefficient (Wildman–Crippen LogP) is 0.869. The zero-order chi connectivity index (χ0) is 15.3. The van der Waals surface area contributed by atoms with Gasteiger partial charge in [0.15, 0.2) is 0 Å². The fourth-order valence-corrected chi connectivity index (χ4v) is 2.05. The fourth-order valence-electron chi connectivity index (χ4n) is 1.51. The van der Waals surface area contributed by atoms with E-state index < -0.39 is 16.0 Å². The van der Waals surface area contributed by atoms with Crippen LogP contribution in [-0.2, 0) is 14.8 Å². The second kappa shape index (κ2) is 6.69.